The lowest BCUT2D eigenvalue weighted by molar-refractivity contribution is 0.0587. The number of benzene rings is 1. The van der Waals surface area contributed by atoms with E-state index in [1.165, 1.54) is 27.5 Å². The van der Waals surface area contributed by atoms with Crippen molar-refractivity contribution in [3.63, 3.8) is 0 Å². The molecule has 1 aliphatic rings. The van der Waals surface area contributed by atoms with E-state index >= 15 is 0 Å². The Hall–Kier alpha value is -2.71. The lowest BCUT2D eigenvalue weighted by Gasteiger charge is -2.21. The highest BCUT2D eigenvalue weighted by Gasteiger charge is 2.40. The molecule has 0 saturated carbocycles. The van der Waals surface area contributed by atoms with Crippen LogP contribution in [-0.4, -0.2) is 42.7 Å². The van der Waals surface area contributed by atoms with E-state index in [4.69, 9.17) is 11.6 Å². The van der Waals surface area contributed by atoms with Crippen LogP contribution in [0, 0.1) is 0 Å². The number of nitrogens with zero attached hydrogens (tertiary/aromatic N) is 5. The van der Waals surface area contributed by atoms with E-state index < -0.39 is 6.04 Å². The second-order valence-electron chi connectivity index (χ2n) is 5.90. The van der Waals surface area contributed by atoms with Crippen molar-refractivity contribution in [1.29, 1.82) is 0 Å². The number of rotatable bonds is 4. The van der Waals surface area contributed by atoms with Crippen LogP contribution < -0.4 is 0 Å². The van der Waals surface area contributed by atoms with Gasteiger partial charge in [-0.1, -0.05) is 35.5 Å². The molecule has 0 aliphatic carbocycles. The van der Waals surface area contributed by atoms with Crippen LogP contribution in [0.2, 0.25) is 5.02 Å². The highest BCUT2D eigenvalue weighted by Crippen LogP contribution is 2.31. The van der Waals surface area contributed by atoms with E-state index in [9.17, 15) is 9.59 Å². The van der Waals surface area contributed by atoms with Crippen molar-refractivity contribution in [2.24, 2.45) is 0 Å². The lowest BCUT2D eigenvalue weighted by Crippen LogP contribution is -2.34. The van der Waals surface area contributed by atoms with Gasteiger partial charge in [0.2, 0.25) is 5.16 Å². The number of imide groups is 1. The molecule has 27 heavy (non-hydrogen) atoms. The van der Waals surface area contributed by atoms with Crippen LogP contribution >= 0.6 is 23.4 Å². The third-order valence-electron chi connectivity index (χ3n) is 4.31. The first kappa shape index (κ1) is 17.7. The maximum atomic E-state index is 12.8. The van der Waals surface area contributed by atoms with Gasteiger partial charge in [0.15, 0.2) is 11.6 Å². The molecule has 1 atom stereocenters. The summed E-state index contributed by atoms with van der Waals surface area (Å²) in [5, 5.41) is 5.45. The van der Waals surface area contributed by atoms with Crippen molar-refractivity contribution < 1.29 is 9.59 Å². The molecule has 1 unspecified atom stereocenters. The van der Waals surface area contributed by atoms with E-state index in [1.807, 2.05) is 6.26 Å². The molecule has 9 heteroatoms. The summed E-state index contributed by atoms with van der Waals surface area (Å²) >= 11 is 7.28. The number of aromatic nitrogens is 4. The van der Waals surface area contributed by atoms with Gasteiger partial charge in [-0.2, -0.15) is 4.68 Å². The van der Waals surface area contributed by atoms with Gasteiger partial charge in [-0.3, -0.25) is 14.5 Å². The molecule has 2 aromatic heterocycles. The standard InChI is InChI=1S/C18H14ClN5O2S/c1-10(23-16(25)12-5-3-4-6-13(12)17(23)26)15-21-18(27-2)22-24(15)14-8-7-11(19)9-20-14/h3-10H,1-2H3. The number of hydrogen-bond acceptors (Lipinski definition) is 6. The summed E-state index contributed by atoms with van der Waals surface area (Å²) in [7, 11) is 0. The number of hydrogen-bond donors (Lipinski definition) is 0. The summed E-state index contributed by atoms with van der Waals surface area (Å²) in [5.41, 5.74) is 0.797. The van der Waals surface area contributed by atoms with Crippen LogP contribution in [0.3, 0.4) is 0 Å². The molecular formula is C18H14ClN5O2S. The average Bonchev–Trinajstić information content (AvgIpc) is 3.22. The number of carbonyl (C=O) groups is 2. The summed E-state index contributed by atoms with van der Waals surface area (Å²) in [5.74, 6) is 0.272. The van der Waals surface area contributed by atoms with Crippen molar-refractivity contribution in [2.75, 3.05) is 6.26 Å². The van der Waals surface area contributed by atoms with Gasteiger partial charge in [-0.05, 0) is 37.4 Å². The van der Waals surface area contributed by atoms with Crippen LogP contribution in [0.15, 0.2) is 47.8 Å². The minimum atomic E-state index is -0.622. The monoisotopic (exact) mass is 399 g/mol. The van der Waals surface area contributed by atoms with E-state index in [0.717, 1.165) is 0 Å². The summed E-state index contributed by atoms with van der Waals surface area (Å²) in [6, 6.07) is 9.57. The molecule has 3 heterocycles. The SMILES string of the molecule is CSc1nc(C(C)N2C(=O)c3ccccc3C2=O)n(-c2ccc(Cl)cn2)n1. The van der Waals surface area contributed by atoms with Crippen LogP contribution in [0.25, 0.3) is 5.82 Å². The first-order chi connectivity index (χ1) is 13.0. The number of pyridine rings is 1. The third kappa shape index (κ3) is 2.90. The summed E-state index contributed by atoms with van der Waals surface area (Å²) in [6.45, 7) is 1.75. The molecule has 1 aromatic carbocycles. The molecule has 4 rings (SSSR count). The molecule has 0 bridgehead atoms. The second-order valence-corrected chi connectivity index (χ2v) is 7.11. The Labute approximate surface area is 164 Å². The van der Waals surface area contributed by atoms with Gasteiger partial charge in [0.05, 0.1) is 22.2 Å². The van der Waals surface area contributed by atoms with Crippen LogP contribution in [0.4, 0.5) is 0 Å². The average molecular weight is 400 g/mol. The minimum Gasteiger partial charge on any atom is -0.269 e. The smallest absolute Gasteiger partial charge is 0.262 e. The largest absolute Gasteiger partial charge is 0.269 e. The topological polar surface area (TPSA) is 81.0 Å². The van der Waals surface area contributed by atoms with Gasteiger partial charge in [0.1, 0.15) is 0 Å². The molecule has 136 valence electrons. The number of thioether (sulfide) groups is 1. The zero-order chi connectivity index (χ0) is 19.1. The van der Waals surface area contributed by atoms with Crippen LogP contribution in [0.1, 0.15) is 39.5 Å². The van der Waals surface area contributed by atoms with E-state index in [-0.39, 0.29) is 11.8 Å². The van der Waals surface area contributed by atoms with Gasteiger partial charge in [-0.15, -0.1) is 5.10 Å². The Bertz CT molecular complexity index is 1020. The van der Waals surface area contributed by atoms with Gasteiger partial charge >= 0.3 is 0 Å². The van der Waals surface area contributed by atoms with Crippen LogP contribution in [-0.2, 0) is 0 Å². The number of carbonyl (C=O) groups excluding carboxylic acids is 2. The van der Waals surface area contributed by atoms with Crippen molar-refractivity contribution in [3.05, 3.63) is 64.6 Å². The molecule has 7 nitrogen and oxygen atoms in total. The van der Waals surface area contributed by atoms with Crippen molar-refractivity contribution in [3.8, 4) is 5.82 Å². The van der Waals surface area contributed by atoms with Crippen LogP contribution in [0.5, 0.6) is 0 Å². The van der Waals surface area contributed by atoms with E-state index in [1.54, 1.807) is 43.3 Å². The fourth-order valence-corrected chi connectivity index (χ4v) is 3.46. The normalized spacial score (nSPS) is 14.6. The fraction of sp³-hybridized carbons (Fsp3) is 0.167. The summed E-state index contributed by atoms with van der Waals surface area (Å²) in [6.07, 6.45) is 3.36. The molecule has 0 radical (unpaired) electrons. The van der Waals surface area contributed by atoms with Crippen molar-refractivity contribution >= 4 is 35.2 Å². The molecular weight excluding hydrogens is 386 g/mol. The highest BCUT2D eigenvalue weighted by atomic mass is 35.5. The van der Waals surface area contributed by atoms with Crippen molar-refractivity contribution in [1.82, 2.24) is 24.6 Å². The van der Waals surface area contributed by atoms with E-state index in [2.05, 4.69) is 15.1 Å². The van der Waals surface area contributed by atoms with Crippen molar-refractivity contribution in [2.45, 2.75) is 18.1 Å². The maximum Gasteiger partial charge on any atom is 0.262 e. The molecule has 2 amide bonds. The maximum absolute atomic E-state index is 12.8. The Morgan fingerprint density at radius 1 is 1.07 bits per heavy atom. The predicted octanol–water partition coefficient (Wildman–Crippen LogP) is 3.39. The molecule has 0 N–H and O–H groups in total. The minimum absolute atomic E-state index is 0.340. The molecule has 0 fully saturated rings. The van der Waals surface area contributed by atoms with Gasteiger partial charge in [-0.25, -0.2) is 9.97 Å². The first-order valence-electron chi connectivity index (χ1n) is 8.11. The van der Waals surface area contributed by atoms with Gasteiger partial charge < -0.3 is 0 Å². The molecule has 1 aliphatic heterocycles. The number of halogens is 1. The quantitative estimate of drug-likeness (QED) is 0.494. The summed E-state index contributed by atoms with van der Waals surface area (Å²) < 4.78 is 1.54. The number of fused-ring (bicyclic) bond motifs is 1. The zero-order valence-electron chi connectivity index (χ0n) is 14.5. The Morgan fingerprint density at radius 3 is 2.30 bits per heavy atom. The fourth-order valence-electron chi connectivity index (χ4n) is 3.00. The van der Waals surface area contributed by atoms with Gasteiger partial charge in [0, 0.05) is 6.20 Å². The number of amides is 2. The molecule has 3 aromatic rings. The Balaban J connectivity index is 1.78. The Morgan fingerprint density at radius 2 is 1.74 bits per heavy atom. The zero-order valence-corrected chi connectivity index (χ0v) is 16.0. The second kappa shape index (κ2) is 6.79. The molecule has 0 spiro atoms. The van der Waals surface area contributed by atoms with Gasteiger partial charge in [0.25, 0.3) is 11.8 Å². The van der Waals surface area contributed by atoms with E-state index in [0.29, 0.717) is 32.9 Å². The highest BCUT2D eigenvalue weighted by molar-refractivity contribution is 7.98. The third-order valence-corrected chi connectivity index (χ3v) is 5.07. The summed E-state index contributed by atoms with van der Waals surface area (Å²) in [4.78, 5) is 35.6. The predicted molar refractivity (Wildman–Crippen MR) is 101 cm³/mol. The molecule has 0 saturated heterocycles. The first-order valence-corrected chi connectivity index (χ1v) is 9.71. The Kier molecular flexibility index (Phi) is 4.45. The lowest BCUT2D eigenvalue weighted by atomic mass is 10.1.